The molecule has 0 bridgehead atoms. The van der Waals surface area contributed by atoms with Crippen molar-refractivity contribution in [3.05, 3.63) is 60.2 Å². The lowest BCUT2D eigenvalue weighted by atomic mass is 9.99. The van der Waals surface area contributed by atoms with Crippen LogP contribution in [0.25, 0.3) is 0 Å². The SMILES string of the molecule is CCC(C)(NC(=O)COc1ccc(OCc2ccccc2)cc1)C(=O)O. The molecule has 0 spiro atoms. The molecule has 0 aliphatic carbocycles. The lowest BCUT2D eigenvalue weighted by molar-refractivity contribution is -0.147. The van der Waals surface area contributed by atoms with E-state index in [4.69, 9.17) is 14.6 Å². The molecule has 1 unspecified atom stereocenters. The van der Waals surface area contributed by atoms with Gasteiger partial charge in [-0.15, -0.1) is 0 Å². The number of ether oxygens (including phenoxy) is 2. The molecule has 0 radical (unpaired) electrons. The van der Waals surface area contributed by atoms with Gasteiger partial charge in [-0.1, -0.05) is 37.3 Å². The van der Waals surface area contributed by atoms with Crippen molar-refractivity contribution in [3.8, 4) is 11.5 Å². The Morgan fingerprint density at radius 3 is 2.12 bits per heavy atom. The molecule has 1 atom stereocenters. The molecule has 0 fully saturated rings. The van der Waals surface area contributed by atoms with Crippen molar-refractivity contribution in [1.29, 1.82) is 0 Å². The summed E-state index contributed by atoms with van der Waals surface area (Å²) in [6.45, 7) is 3.37. The van der Waals surface area contributed by atoms with Crippen LogP contribution in [-0.2, 0) is 16.2 Å². The number of nitrogens with one attached hydrogen (secondary N) is 1. The van der Waals surface area contributed by atoms with E-state index in [1.165, 1.54) is 6.92 Å². The van der Waals surface area contributed by atoms with Crippen molar-refractivity contribution in [1.82, 2.24) is 5.32 Å². The Bertz CT molecular complexity index is 730. The van der Waals surface area contributed by atoms with Crippen LogP contribution in [0.15, 0.2) is 54.6 Å². The van der Waals surface area contributed by atoms with Gasteiger partial charge in [-0.05, 0) is 43.2 Å². The molecular weight excluding hydrogens is 334 g/mol. The highest BCUT2D eigenvalue weighted by molar-refractivity contribution is 5.87. The predicted octanol–water partition coefficient (Wildman–Crippen LogP) is 3.01. The van der Waals surface area contributed by atoms with Crippen molar-refractivity contribution < 1.29 is 24.2 Å². The second-order valence-electron chi connectivity index (χ2n) is 6.07. The summed E-state index contributed by atoms with van der Waals surface area (Å²) in [6, 6.07) is 16.7. The highest BCUT2D eigenvalue weighted by Crippen LogP contribution is 2.19. The zero-order valence-corrected chi connectivity index (χ0v) is 14.9. The highest BCUT2D eigenvalue weighted by Gasteiger charge is 2.32. The standard InChI is InChI=1S/C20H23NO5/c1-3-20(2,19(23)24)21-18(22)14-26-17-11-9-16(10-12-17)25-13-15-7-5-4-6-8-15/h4-12H,3,13-14H2,1-2H3,(H,21,22)(H,23,24). The topological polar surface area (TPSA) is 84.9 Å². The second-order valence-corrected chi connectivity index (χ2v) is 6.07. The minimum absolute atomic E-state index is 0.257. The Balaban J connectivity index is 1.81. The maximum atomic E-state index is 11.9. The maximum Gasteiger partial charge on any atom is 0.329 e. The first-order chi connectivity index (χ1) is 12.4. The van der Waals surface area contributed by atoms with Gasteiger partial charge >= 0.3 is 5.97 Å². The summed E-state index contributed by atoms with van der Waals surface area (Å²) in [5.74, 6) is -0.370. The van der Waals surface area contributed by atoms with E-state index >= 15 is 0 Å². The molecular formula is C20H23NO5. The minimum Gasteiger partial charge on any atom is -0.489 e. The fourth-order valence-electron chi connectivity index (χ4n) is 2.16. The van der Waals surface area contributed by atoms with E-state index in [-0.39, 0.29) is 13.0 Å². The quantitative estimate of drug-likeness (QED) is 0.721. The van der Waals surface area contributed by atoms with Crippen molar-refractivity contribution >= 4 is 11.9 Å². The van der Waals surface area contributed by atoms with Crippen LogP contribution in [0.5, 0.6) is 11.5 Å². The monoisotopic (exact) mass is 357 g/mol. The van der Waals surface area contributed by atoms with Crippen molar-refractivity contribution in [2.24, 2.45) is 0 Å². The molecule has 6 heteroatoms. The molecule has 0 saturated heterocycles. The Labute approximate surface area is 152 Å². The molecule has 2 rings (SSSR count). The number of aliphatic carboxylic acids is 1. The van der Waals surface area contributed by atoms with Crippen LogP contribution in [0.3, 0.4) is 0 Å². The Morgan fingerprint density at radius 2 is 1.58 bits per heavy atom. The van der Waals surface area contributed by atoms with Crippen LogP contribution >= 0.6 is 0 Å². The third-order valence-corrected chi connectivity index (χ3v) is 4.04. The number of rotatable bonds is 9. The number of benzene rings is 2. The predicted molar refractivity (Wildman–Crippen MR) is 97.2 cm³/mol. The number of carboxylic acids is 1. The van der Waals surface area contributed by atoms with Crippen molar-refractivity contribution in [3.63, 3.8) is 0 Å². The largest absolute Gasteiger partial charge is 0.489 e. The van der Waals surface area contributed by atoms with Crippen LogP contribution in [0.1, 0.15) is 25.8 Å². The van der Waals surface area contributed by atoms with E-state index in [1.54, 1.807) is 31.2 Å². The molecule has 1 amide bonds. The van der Waals surface area contributed by atoms with Crippen LogP contribution in [0, 0.1) is 0 Å². The van der Waals surface area contributed by atoms with E-state index in [9.17, 15) is 9.59 Å². The molecule has 2 aromatic carbocycles. The summed E-state index contributed by atoms with van der Waals surface area (Å²) in [5.41, 5.74) is -0.225. The molecule has 26 heavy (non-hydrogen) atoms. The van der Waals surface area contributed by atoms with Crippen LogP contribution < -0.4 is 14.8 Å². The molecule has 2 aromatic rings. The van der Waals surface area contributed by atoms with E-state index in [2.05, 4.69) is 5.32 Å². The third kappa shape index (κ3) is 5.51. The van der Waals surface area contributed by atoms with Crippen LogP contribution in [0.2, 0.25) is 0 Å². The number of carboxylic acid groups (broad SMARTS) is 1. The van der Waals surface area contributed by atoms with Crippen LogP contribution in [0.4, 0.5) is 0 Å². The smallest absolute Gasteiger partial charge is 0.329 e. The first kappa shape index (κ1) is 19.3. The average Bonchev–Trinajstić information content (AvgIpc) is 2.66. The van der Waals surface area contributed by atoms with Gasteiger partial charge in [0.05, 0.1) is 0 Å². The summed E-state index contributed by atoms with van der Waals surface area (Å²) in [7, 11) is 0. The molecule has 0 aliphatic rings. The maximum absolute atomic E-state index is 11.9. The number of hydrogen-bond acceptors (Lipinski definition) is 4. The molecule has 0 aromatic heterocycles. The number of carbonyl (C=O) groups excluding carboxylic acids is 1. The van der Waals surface area contributed by atoms with Gasteiger partial charge in [0.1, 0.15) is 23.6 Å². The van der Waals surface area contributed by atoms with Gasteiger partial charge in [-0.2, -0.15) is 0 Å². The van der Waals surface area contributed by atoms with Crippen molar-refractivity contribution in [2.45, 2.75) is 32.4 Å². The van der Waals surface area contributed by atoms with Gasteiger partial charge in [0, 0.05) is 0 Å². The molecule has 2 N–H and O–H groups in total. The Hall–Kier alpha value is -3.02. The zero-order chi connectivity index (χ0) is 19.0. The average molecular weight is 357 g/mol. The summed E-state index contributed by atoms with van der Waals surface area (Å²) in [5, 5.41) is 11.6. The summed E-state index contributed by atoms with van der Waals surface area (Å²) in [4.78, 5) is 23.1. The van der Waals surface area contributed by atoms with E-state index < -0.39 is 17.4 Å². The summed E-state index contributed by atoms with van der Waals surface area (Å²) < 4.78 is 11.1. The van der Waals surface area contributed by atoms with E-state index in [1.807, 2.05) is 30.3 Å². The minimum atomic E-state index is -1.30. The van der Waals surface area contributed by atoms with Gasteiger partial charge in [0.15, 0.2) is 6.61 Å². The molecule has 0 aliphatic heterocycles. The third-order valence-electron chi connectivity index (χ3n) is 4.04. The Kier molecular flexibility index (Phi) is 6.60. The molecule has 0 saturated carbocycles. The van der Waals surface area contributed by atoms with Gasteiger partial charge in [-0.3, -0.25) is 4.79 Å². The van der Waals surface area contributed by atoms with Gasteiger partial charge < -0.3 is 19.9 Å². The van der Waals surface area contributed by atoms with E-state index in [0.717, 1.165) is 5.56 Å². The summed E-state index contributed by atoms with van der Waals surface area (Å²) in [6.07, 6.45) is 0.279. The second kappa shape index (κ2) is 8.89. The highest BCUT2D eigenvalue weighted by atomic mass is 16.5. The lowest BCUT2D eigenvalue weighted by Gasteiger charge is -2.24. The molecule has 138 valence electrons. The van der Waals surface area contributed by atoms with E-state index in [0.29, 0.717) is 18.1 Å². The fourth-order valence-corrected chi connectivity index (χ4v) is 2.16. The van der Waals surface area contributed by atoms with Crippen LogP contribution in [-0.4, -0.2) is 29.1 Å². The fraction of sp³-hybridized carbons (Fsp3) is 0.300. The number of amides is 1. The molecule has 6 nitrogen and oxygen atoms in total. The number of carbonyl (C=O) groups is 2. The zero-order valence-electron chi connectivity index (χ0n) is 14.9. The normalized spacial score (nSPS) is 12.7. The van der Waals surface area contributed by atoms with Crippen molar-refractivity contribution in [2.75, 3.05) is 6.61 Å². The lowest BCUT2D eigenvalue weighted by Crippen LogP contribution is -2.53. The number of hydrogen-bond donors (Lipinski definition) is 2. The van der Waals surface area contributed by atoms with Gasteiger partial charge in [0.2, 0.25) is 0 Å². The first-order valence-corrected chi connectivity index (χ1v) is 8.37. The van der Waals surface area contributed by atoms with Gasteiger partial charge in [-0.25, -0.2) is 4.79 Å². The molecule has 0 heterocycles. The summed E-state index contributed by atoms with van der Waals surface area (Å²) >= 11 is 0. The van der Waals surface area contributed by atoms with Gasteiger partial charge in [0.25, 0.3) is 5.91 Å². The Morgan fingerprint density at radius 1 is 1.00 bits per heavy atom. The first-order valence-electron chi connectivity index (χ1n) is 8.37.